The minimum atomic E-state index is -4.25. The second-order valence-corrected chi connectivity index (χ2v) is 4.60. The van der Waals surface area contributed by atoms with E-state index in [1.165, 1.54) is 24.1 Å². The van der Waals surface area contributed by atoms with Crippen molar-refractivity contribution in [1.29, 1.82) is 0 Å². The summed E-state index contributed by atoms with van der Waals surface area (Å²) in [6, 6.07) is 4.60. The lowest BCUT2D eigenvalue weighted by atomic mass is 10.1. The number of hydrogen-bond acceptors (Lipinski definition) is 2. The van der Waals surface area contributed by atoms with E-state index >= 15 is 0 Å². The fourth-order valence-corrected chi connectivity index (χ4v) is 1.73. The maximum absolute atomic E-state index is 12.2. The second-order valence-electron chi connectivity index (χ2n) is 4.16. The number of carbonyl (C=O) groups is 1. The normalized spacial score (nSPS) is 11.8. The van der Waals surface area contributed by atoms with Crippen molar-refractivity contribution in [3.05, 3.63) is 34.9 Å². The van der Waals surface area contributed by atoms with Crippen LogP contribution in [0.4, 0.5) is 18.9 Å². The van der Waals surface area contributed by atoms with Gasteiger partial charge in [-0.25, -0.2) is 4.79 Å². The molecule has 0 aliphatic rings. The number of carboxylic acids is 1. The first kappa shape index (κ1) is 16.4. The van der Waals surface area contributed by atoms with E-state index in [4.69, 9.17) is 16.7 Å². The number of aliphatic carboxylic acids is 1. The van der Waals surface area contributed by atoms with Crippen LogP contribution in [0.5, 0.6) is 0 Å². The Kier molecular flexibility index (Phi) is 5.44. The predicted molar refractivity (Wildman–Crippen MR) is 72.1 cm³/mol. The van der Waals surface area contributed by atoms with Gasteiger partial charge in [0.05, 0.1) is 6.42 Å². The van der Waals surface area contributed by atoms with Crippen LogP contribution in [0.15, 0.2) is 24.3 Å². The van der Waals surface area contributed by atoms with Crippen LogP contribution in [0.3, 0.4) is 0 Å². The van der Waals surface area contributed by atoms with Gasteiger partial charge in [-0.1, -0.05) is 17.7 Å². The molecule has 0 amide bonds. The molecule has 1 aromatic rings. The Morgan fingerprint density at radius 2 is 2.10 bits per heavy atom. The third-order valence-corrected chi connectivity index (χ3v) is 2.77. The van der Waals surface area contributed by atoms with Gasteiger partial charge in [-0.2, -0.15) is 13.2 Å². The molecular weight excluding hydrogens is 295 g/mol. The van der Waals surface area contributed by atoms with Gasteiger partial charge in [-0.05, 0) is 23.8 Å². The van der Waals surface area contributed by atoms with Crippen LogP contribution in [0.2, 0.25) is 5.02 Å². The molecule has 1 rings (SSSR count). The first-order chi connectivity index (χ1) is 9.19. The average Bonchev–Trinajstić information content (AvgIpc) is 2.33. The van der Waals surface area contributed by atoms with Gasteiger partial charge in [0.1, 0.15) is 0 Å². The molecule has 7 heteroatoms. The summed E-state index contributed by atoms with van der Waals surface area (Å²) in [6.07, 6.45) is -2.97. The summed E-state index contributed by atoms with van der Waals surface area (Å²) in [7, 11) is 1.50. The fraction of sp³-hybridized carbons (Fsp3) is 0.308. The number of anilines is 1. The lowest BCUT2D eigenvalue weighted by Gasteiger charge is -2.22. The van der Waals surface area contributed by atoms with E-state index in [0.717, 1.165) is 6.08 Å². The molecule has 110 valence electrons. The number of nitrogens with zero attached hydrogens (tertiary/aromatic N) is 1. The molecule has 0 saturated carbocycles. The molecule has 0 aliphatic heterocycles. The van der Waals surface area contributed by atoms with Crippen LogP contribution in [0.25, 0.3) is 6.08 Å². The van der Waals surface area contributed by atoms with Gasteiger partial charge in [0.15, 0.2) is 0 Å². The van der Waals surface area contributed by atoms with Crippen molar-refractivity contribution >= 4 is 29.3 Å². The first-order valence-corrected chi connectivity index (χ1v) is 6.05. The Morgan fingerprint density at radius 1 is 1.45 bits per heavy atom. The molecular formula is C13H13ClF3NO2. The van der Waals surface area contributed by atoms with Gasteiger partial charge in [0.2, 0.25) is 0 Å². The topological polar surface area (TPSA) is 40.5 Å². The predicted octanol–water partition coefficient (Wildman–Crippen LogP) is 3.83. The van der Waals surface area contributed by atoms with E-state index < -0.39 is 18.6 Å². The summed E-state index contributed by atoms with van der Waals surface area (Å²) >= 11 is 5.82. The highest BCUT2D eigenvalue weighted by Crippen LogP contribution is 2.27. The molecule has 0 aromatic heterocycles. The average molecular weight is 308 g/mol. The zero-order valence-corrected chi connectivity index (χ0v) is 11.4. The molecule has 1 N–H and O–H groups in total. The van der Waals surface area contributed by atoms with Crippen molar-refractivity contribution in [3.8, 4) is 0 Å². The van der Waals surface area contributed by atoms with Crippen molar-refractivity contribution in [1.82, 2.24) is 0 Å². The quantitative estimate of drug-likeness (QED) is 0.841. The summed E-state index contributed by atoms with van der Waals surface area (Å²) in [5.74, 6) is -1.14. The Morgan fingerprint density at radius 3 is 2.65 bits per heavy atom. The van der Waals surface area contributed by atoms with E-state index in [1.807, 2.05) is 0 Å². The maximum Gasteiger partial charge on any atom is 0.390 e. The van der Waals surface area contributed by atoms with Crippen molar-refractivity contribution in [3.63, 3.8) is 0 Å². The van der Waals surface area contributed by atoms with Gasteiger partial charge >= 0.3 is 12.1 Å². The summed E-state index contributed by atoms with van der Waals surface area (Å²) in [4.78, 5) is 11.9. The molecule has 0 unspecified atom stereocenters. The van der Waals surface area contributed by atoms with Crippen LogP contribution in [-0.4, -0.2) is 30.8 Å². The molecule has 0 aliphatic carbocycles. The number of hydrogen-bond donors (Lipinski definition) is 1. The van der Waals surface area contributed by atoms with Crippen molar-refractivity contribution in [2.75, 3.05) is 18.5 Å². The maximum atomic E-state index is 12.2. The molecule has 0 atom stereocenters. The van der Waals surface area contributed by atoms with Crippen LogP contribution >= 0.6 is 11.6 Å². The Hall–Kier alpha value is -1.69. The Bertz CT molecular complexity index is 515. The molecule has 0 saturated heterocycles. The summed E-state index contributed by atoms with van der Waals surface area (Å²) in [5.41, 5.74) is 0.931. The highest BCUT2D eigenvalue weighted by molar-refractivity contribution is 6.31. The van der Waals surface area contributed by atoms with Crippen molar-refractivity contribution < 1.29 is 23.1 Å². The molecule has 0 radical (unpaired) electrons. The van der Waals surface area contributed by atoms with Crippen LogP contribution in [0.1, 0.15) is 12.0 Å². The monoisotopic (exact) mass is 307 g/mol. The Balaban J connectivity index is 2.96. The molecule has 0 heterocycles. The summed E-state index contributed by atoms with van der Waals surface area (Å²) < 4.78 is 36.7. The molecule has 0 spiro atoms. The zero-order chi connectivity index (χ0) is 15.3. The van der Waals surface area contributed by atoms with E-state index in [-0.39, 0.29) is 6.54 Å². The summed E-state index contributed by atoms with van der Waals surface area (Å²) in [6.45, 7) is -0.238. The SMILES string of the molecule is CN(CCC(F)(F)F)c1cc(Cl)ccc1/C=C/C(=O)O. The lowest BCUT2D eigenvalue weighted by molar-refractivity contribution is -0.132. The smallest absolute Gasteiger partial charge is 0.390 e. The minimum Gasteiger partial charge on any atom is -0.478 e. The molecule has 1 aromatic carbocycles. The first-order valence-electron chi connectivity index (χ1n) is 5.67. The summed E-state index contributed by atoms with van der Waals surface area (Å²) in [5, 5.41) is 8.96. The van der Waals surface area contributed by atoms with Crippen LogP contribution < -0.4 is 4.90 Å². The molecule has 0 fully saturated rings. The lowest BCUT2D eigenvalue weighted by Crippen LogP contribution is -2.24. The second kappa shape index (κ2) is 6.65. The Labute approximate surface area is 119 Å². The van der Waals surface area contributed by atoms with Gasteiger partial charge in [-0.15, -0.1) is 0 Å². The van der Waals surface area contributed by atoms with E-state index in [2.05, 4.69) is 0 Å². The minimum absolute atomic E-state index is 0.238. The molecule has 20 heavy (non-hydrogen) atoms. The number of rotatable bonds is 5. The van der Waals surface area contributed by atoms with Gasteiger partial charge in [0, 0.05) is 30.4 Å². The third kappa shape index (κ3) is 5.52. The van der Waals surface area contributed by atoms with Gasteiger partial charge < -0.3 is 10.0 Å². The highest BCUT2D eigenvalue weighted by Gasteiger charge is 2.27. The largest absolute Gasteiger partial charge is 0.478 e. The highest BCUT2D eigenvalue weighted by atomic mass is 35.5. The fourth-order valence-electron chi connectivity index (χ4n) is 1.56. The van der Waals surface area contributed by atoms with E-state index in [9.17, 15) is 18.0 Å². The number of alkyl halides is 3. The van der Waals surface area contributed by atoms with Crippen LogP contribution in [0, 0.1) is 0 Å². The number of halogens is 4. The number of carboxylic acid groups (broad SMARTS) is 1. The zero-order valence-electron chi connectivity index (χ0n) is 10.6. The van der Waals surface area contributed by atoms with Crippen molar-refractivity contribution in [2.45, 2.75) is 12.6 Å². The third-order valence-electron chi connectivity index (χ3n) is 2.54. The molecule has 0 bridgehead atoms. The van der Waals surface area contributed by atoms with E-state index in [1.54, 1.807) is 12.1 Å². The van der Waals surface area contributed by atoms with Gasteiger partial charge in [-0.3, -0.25) is 0 Å². The van der Waals surface area contributed by atoms with Gasteiger partial charge in [0.25, 0.3) is 0 Å². The number of benzene rings is 1. The van der Waals surface area contributed by atoms with Crippen LogP contribution in [-0.2, 0) is 4.79 Å². The van der Waals surface area contributed by atoms with E-state index in [0.29, 0.717) is 16.3 Å². The molecule has 3 nitrogen and oxygen atoms in total. The van der Waals surface area contributed by atoms with Crippen molar-refractivity contribution in [2.24, 2.45) is 0 Å². The standard InChI is InChI=1S/C13H13ClF3NO2/c1-18(7-6-13(15,16)17)11-8-10(14)4-2-9(11)3-5-12(19)20/h2-5,8H,6-7H2,1H3,(H,19,20)/b5-3+.